The lowest BCUT2D eigenvalue weighted by Gasteiger charge is -2.08. The van der Waals surface area contributed by atoms with Crippen molar-refractivity contribution in [3.63, 3.8) is 0 Å². The highest BCUT2D eigenvalue weighted by molar-refractivity contribution is 9.10. The SMILES string of the molecule is Fc1cc(NCc2cn[nH]c2-c2ccccc2)ccc1Br. The molecule has 0 aliphatic heterocycles. The lowest BCUT2D eigenvalue weighted by atomic mass is 10.1. The van der Waals surface area contributed by atoms with Crippen molar-refractivity contribution in [1.29, 1.82) is 0 Å². The normalized spacial score (nSPS) is 10.6. The molecular weight excluding hydrogens is 333 g/mol. The second-order valence-corrected chi connectivity index (χ2v) is 5.47. The highest BCUT2D eigenvalue weighted by Crippen LogP contribution is 2.23. The average Bonchev–Trinajstić information content (AvgIpc) is 2.98. The molecule has 0 saturated carbocycles. The Morgan fingerprint density at radius 2 is 1.95 bits per heavy atom. The highest BCUT2D eigenvalue weighted by Gasteiger charge is 2.07. The summed E-state index contributed by atoms with van der Waals surface area (Å²) in [5.74, 6) is -0.282. The largest absolute Gasteiger partial charge is 0.381 e. The van der Waals surface area contributed by atoms with Gasteiger partial charge in [0.05, 0.1) is 16.4 Å². The summed E-state index contributed by atoms with van der Waals surface area (Å²) in [6.45, 7) is 0.571. The van der Waals surface area contributed by atoms with Crippen molar-refractivity contribution in [1.82, 2.24) is 10.2 Å². The van der Waals surface area contributed by atoms with Gasteiger partial charge in [0.2, 0.25) is 0 Å². The summed E-state index contributed by atoms with van der Waals surface area (Å²) in [4.78, 5) is 0. The summed E-state index contributed by atoms with van der Waals surface area (Å²) >= 11 is 3.14. The number of hydrogen-bond donors (Lipinski definition) is 2. The molecule has 0 saturated heterocycles. The van der Waals surface area contributed by atoms with Crippen LogP contribution in [-0.2, 0) is 6.54 Å². The number of benzene rings is 2. The van der Waals surface area contributed by atoms with Crippen LogP contribution < -0.4 is 5.32 Å². The molecule has 0 fully saturated rings. The number of halogens is 2. The zero-order chi connectivity index (χ0) is 14.7. The smallest absolute Gasteiger partial charge is 0.139 e. The van der Waals surface area contributed by atoms with Gasteiger partial charge in [0.15, 0.2) is 0 Å². The maximum atomic E-state index is 13.5. The lowest BCUT2D eigenvalue weighted by molar-refractivity contribution is 0.621. The van der Waals surface area contributed by atoms with Gasteiger partial charge in [-0.3, -0.25) is 5.10 Å². The predicted molar refractivity (Wildman–Crippen MR) is 85.5 cm³/mol. The fourth-order valence-electron chi connectivity index (χ4n) is 2.10. The first-order chi connectivity index (χ1) is 10.2. The Morgan fingerprint density at radius 3 is 2.71 bits per heavy atom. The van der Waals surface area contributed by atoms with Crippen LogP contribution in [0.15, 0.2) is 59.2 Å². The molecule has 0 amide bonds. The average molecular weight is 346 g/mol. The summed E-state index contributed by atoms with van der Waals surface area (Å²) in [5.41, 5.74) is 3.81. The van der Waals surface area contributed by atoms with E-state index in [0.29, 0.717) is 11.0 Å². The highest BCUT2D eigenvalue weighted by atomic mass is 79.9. The van der Waals surface area contributed by atoms with Crippen LogP contribution in [0.1, 0.15) is 5.56 Å². The molecule has 21 heavy (non-hydrogen) atoms. The van der Waals surface area contributed by atoms with E-state index in [1.807, 2.05) is 36.4 Å². The van der Waals surface area contributed by atoms with Crippen LogP contribution in [0.3, 0.4) is 0 Å². The Balaban J connectivity index is 1.77. The number of nitrogens with zero attached hydrogens (tertiary/aromatic N) is 1. The molecule has 0 unspecified atom stereocenters. The molecule has 3 rings (SSSR count). The van der Waals surface area contributed by atoms with Gasteiger partial charge in [-0.1, -0.05) is 30.3 Å². The van der Waals surface area contributed by atoms with Crippen molar-refractivity contribution in [3.8, 4) is 11.3 Å². The van der Waals surface area contributed by atoms with Gasteiger partial charge < -0.3 is 5.32 Å². The topological polar surface area (TPSA) is 40.7 Å². The fourth-order valence-corrected chi connectivity index (χ4v) is 2.35. The van der Waals surface area contributed by atoms with Crippen LogP contribution in [0.25, 0.3) is 11.3 Å². The molecule has 2 aromatic carbocycles. The van der Waals surface area contributed by atoms with Crippen molar-refractivity contribution in [2.75, 3.05) is 5.32 Å². The first kappa shape index (κ1) is 13.8. The van der Waals surface area contributed by atoms with Gasteiger partial charge >= 0.3 is 0 Å². The first-order valence-electron chi connectivity index (χ1n) is 6.50. The molecule has 0 aliphatic rings. The van der Waals surface area contributed by atoms with Crippen molar-refractivity contribution in [2.45, 2.75) is 6.54 Å². The first-order valence-corrected chi connectivity index (χ1v) is 7.30. The molecule has 106 valence electrons. The van der Waals surface area contributed by atoms with Gasteiger partial charge in [-0.15, -0.1) is 0 Å². The second kappa shape index (κ2) is 6.10. The van der Waals surface area contributed by atoms with Gasteiger partial charge in [0.25, 0.3) is 0 Å². The van der Waals surface area contributed by atoms with Crippen molar-refractivity contribution < 1.29 is 4.39 Å². The maximum Gasteiger partial charge on any atom is 0.139 e. The van der Waals surface area contributed by atoms with E-state index >= 15 is 0 Å². The van der Waals surface area contributed by atoms with Gasteiger partial charge in [0.1, 0.15) is 5.82 Å². The monoisotopic (exact) mass is 345 g/mol. The minimum atomic E-state index is -0.282. The van der Waals surface area contributed by atoms with E-state index in [9.17, 15) is 4.39 Å². The van der Waals surface area contributed by atoms with Gasteiger partial charge in [0, 0.05) is 17.8 Å². The van der Waals surface area contributed by atoms with Crippen LogP contribution in [0, 0.1) is 5.82 Å². The molecule has 2 N–H and O–H groups in total. The van der Waals surface area contributed by atoms with Crippen molar-refractivity contribution in [3.05, 3.63) is 70.6 Å². The lowest BCUT2D eigenvalue weighted by Crippen LogP contribution is -2.00. The van der Waals surface area contributed by atoms with Gasteiger partial charge in [-0.2, -0.15) is 5.10 Å². The summed E-state index contributed by atoms with van der Waals surface area (Å²) in [6.07, 6.45) is 1.78. The van der Waals surface area contributed by atoms with Crippen LogP contribution in [0.5, 0.6) is 0 Å². The summed E-state index contributed by atoms with van der Waals surface area (Å²) < 4.78 is 13.9. The van der Waals surface area contributed by atoms with Gasteiger partial charge in [-0.25, -0.2) is 4.39 Å². The van der Waals surface area contributed by atoms with E-state index in [0.717, 1.165) is 22.5 Å². The molecule has 3 aromatic rings. The second-order valence-electron chi connectivity index (χ2n) is 4.62. The molecule has 0 aliphatic carbocycles. The molecule has 0 spiro atoms. The molecule has 0 bridgehead atoms. The number of hydrogen-bond acceptors (Lipinski definition) is 2. The zero-order valence-corrected chi connectivity index (χ0v) is 12.7. The summed E-state index contributed by atoms with van der Waals surface area (Å²) in [5, 5.41) is 10.3. The number of nitrogens with one attached hydrogen (secondary N) is 2. The van der Waals surface area contributed by atoms with Crippen LogP contribution in [0.2, 0.25) is 0 Å². The molecule has 1 aromatic heterocycles. The van der Waals surface area contributed by atoms with E-state index in [1.165, 1.54) is 6.07 Å². The van der Waals surface area contributed by atoms with Crippen LogP contribution >= 0.6 is 15.9 Å². The molecular formula is C16H13BrFN3. The van der Waals surface area contributed by atoms with Crippen molar-refractivity contribution >= 4 is 21.6 Å². The number of aromatic amines is 1. The van der Waals surface area contributed by atoms with E-state index in [2.05, 4.69) is 31.4 Å². The Hall–Kier alpha value is -2.14. The quantitative estimate of drug-likeness (QED) is 0.725. The Bertz CT molecular complexity index is 740. The van der Waals surface area contributed by atoms with E-state index in [4.69, 9.17) is 0 Å². The van der Waals surface area contributed by atoms with Crippen LogP contribution in [-0.4, -0.2) is 10.2 Å². The molecule has 0 radical (unpaired) electrons. The third kappa shape index (κ3) is 3.13. The summed E-state index contributed by atoms with van der Waals surface area (Å²) in [7, 11) is 0. The molecule has 3 nitrogen and oxygen atoms in total. The zero-order valence-electron chi connectivity index (χ0n) is 11.1. The number of rotatable bonds is 4. The number of anilines is 1. The van der Waals surface area contributed by atoms with Crippen molar-refractivity contribution in [2.24, 2.45) is 0 Å². The maximum absolute atomic E-state index is 13.5. The van der Waals surface area contributed by atoms with Gasteiger partial charge in [-0.05, 0) is 39.7 Å². The van der Waals surface area contributed by atoms with E-state index < -0.39 is 0 Å². The summed E-state index contributed by atoms with van der Waals surface area (Å²) in [6, 6.07) is 15.0. The molecule has 0 atom stereocenters. The Kier molecular flexibility index (Phi) is 4.01. The standard InChI is InChI=1S/C16H13BrFN3/c17-14-7-6-13(8-15(14)18)19-9-12-10-20-21-16(12)11-4-2-1-3-5-11/h1-8,10,19H,9H2,(H,20,21). The van der Waals surface area contributed by atoms with E-state index in [1.54, 1.807) is 12.3 Å². The molecule has 5 heteroatoms. The fraction of sp³-hybridized carbons (Fsp3) is 0.0625. The number of aromatic nitrogens is 2. The predicted octanol–water partition coefficient (Wildman–Crippen LogP) is 4.59. The third-order valence-corrected chi connectivity index (χ3v) is 3.83. The minimum absolute atomic E-state index is 0.282. The Labute approximate surface area is 130 Å². The third-order valence-electron chi connectivity index (χ3n) is 3.18. The number of H-pyrrole nitrogens is 1. The minimum Gasteiger partial charge on any atom is -0.381 e. The van der Waals surface area contributed by atoms with E-state index in [-0.39, 0.29) is 5.82 Å². The Morgan fingerprint density at radius 1 is 1.14 bits per heavy atom. The molecule has 1 heterocycles. The van der Waals surface area contributed by atoms with Crippen LogP contribution in [0.4, 0.5) is 10.1 Å².